The van der Waals surface area contributed by atoms with Crippen LogP contribution in [-0.2, 0) is 10.2 Å². The van der Waals surface area contributed by atoms with Crippen molar-refractivity contribution in [2.45, 2.75) is 31.1 Å². The quantitative estimate of drug-likeness (QED) is 0.605. The maximum absolute atomic E-state index is 12.5. The molecule has 0 saturated heterocycles. The average molecular weight is 369 g/mol. The minimum Gasteiger partial charge on any atom is -0.322 e. The van der Waals surface area contributed by atoms with Crippen LogP contribution < -0.4 is 5.32 Å². The molecule has 0 fully saturated rings. The molecular formula is C21H23NO3S. The first-order valence-corrected chi connectivity index (χ1v) is 9.90. The van der Waals surface area contributed by atoms with Crippen LogP contribution in [0.15, 0.2) is 59.3 Å². The van der Waals surface area contributed by atoms with Gasteiger partial charge in [0.1, 0.15) is 0 Å². The van der Waals surface area contributed by atoms with E-state index < -0.39 is 10.6 Å². The fourth-order valence-electron chi connectivity index (χ4n) is 2.76. The van der Waals surface area contributed by atoms with Gasteiger partial charge in [0.15, 0.2) is 0 Å². The molecule has 2 aromatic carbocycles. The molecule has 1 amide bonds. The van der Waals surface area contributed by atoms with Gasteiger partial charge in [0.2, 0.25) is 0 Å². The summed E-state index contributed by atoms with van der Waals surface area (Å²) in [4.78, 5) is 12.9. The van der Waals surface area contributed by atoms with Crippen LogP contribution in [0, 0.1) is 0 Å². The highest BCUT2D eigenvalue weighted by Crippen LogP contribution is 2.56. The summed E-state index contributed by atoms with van der Waals surface area (Å²) in [6.45, 7) is 10.3. The van der Waals surface area contributed by atoms with Gasteiger partial charge < -0.3 is 5.32 Å². The largest absolute Gasteiger partial charge is 0.322 e. The zero-order valence-electron chi connectivity index (χ0n) is 15.1. The molecule has 26 heavy (non-hydrogen) atoms. The topological polar surface area (TPSA) is 69.6 Å². The highest BCUT2D eigenvalue weighted by molar-refractivity contribution is 8.27. The molecule has 4 nitrogen and oxygen atoms in total. The molecule has 0 saturated carbocycles. The Bertz CT molecular complexity index is 906. The van der Waals surface area contributed by atoms with Crippen LogP contribution in [0.25, 0.3) is 11.6 Å². The summed E-state index contributed by atoms with van der Waals surface area (Å²) in [5.74, 6) is -0.323. The van der Waals surface area contributed by atoms with Gasteiger partial charge in [0.25, 0.3) is 5.91 Å². The van der Waals surface area contributed by atoms with E-state index in [1.54, 1.807) is 24.3 Å². The summed E-state index contributed by atoms with van der Waals surface area (Å²) in [5, 5.41) is 4.17. The highest BCUT2D eigenvalue weighted by Gasteiger charge is 2.22. The van der Waals surface area contributed by atoms with Gasteiger partial charge in [-0.2, -0.15) is 0 Å². The van der Waals surface area contributed by atoms with Gasteiger partial charge in [0.05, 0.1) is 4.90 Å². The number of hydrogen-bond donors (Lipinski definition) is 3. The van der Waals surface area contributed by atoms with Crippen LogP contribution in [0.3, 0.4) is 0 Å². The number of carbonyl (C=O) groups is 1. The van der Waals surface area contributed by atoms with Gasteiger partial charge in [-0.15, -0.1) is 10.6 Å². The number of amides is 1. The van der Waals surface area contributed by atoms with Crippen LogP contribution in [0.4, 0.5) is 5.69 Å². The van der Waals surface area contributed by atoms with Crippen molar-refractivity contribution in [3.63, 3.8) is 0 Å². The summed E-state index contributed by atoms with van der Waals surface area (Å²) >= 11 is 0. The second-order valence-corrected chi connectivity index (χ2v) is 9.31. The third-order valence-corrected chi connectivity index (χ3v) is 5.92. The maximum atomic E-state index is 12.5. The first kappa shape index (κ1) is 18.5. The van der Waals surface area contributed by atoms with Crippen molar-refractivity contribution in [1.82, 2.24) is 0 Å². The number of anilines is 1. The molecule has 0 spiro atoms. The predicted molar refractivity (Wildman–Crippen MR) is 109 cm³/mol. The van der Waals surface area contributed by atoms with Crippen molar-refractivity contribution in [2.75, 3.05) is 5.32 Å². The van der Waals surface area contributed by atoms with E-state index in [1.807, 2.05) is 24.3 Å². The van der Waals surface area contributed by atoms with E-state index >= 15 is 0 Å². The van der Waals surface area contributed by atoms with Crippen molar-refractivity contribution in [1.29, 1.82) is 0 Å². The van der Waals surface area contributed by atoms with Crippen LogP contribution in [0.1, 0.15) is 37.5 Å². The maximum Gasteiger partial charge on any atom is 0.255 e. The number of rotatable bonds is 3. The van der Waals surface area contributed by atoms with E-state index in [-0.39, 0.29) is 11.3 Å². The zero-order valence-corrected chi connectivity index (χ0v) is 15.9. The zero-order chi connectivity index (χ0) is 19.1. The van der Waals surface area contributed by atoms with Gasteiger partial charge in [-0.1, -0.05) is 57.7 Å². The Morgan fingerprint density at radius 1 is 1.08 bits per heavy atom. The van der Waals surface area contributed by atoms with Crippen molar-refractivity contribution >= 4 is 33.8 Å². The number of hydrogen-bond acceptors (Lipinski definition) is 3. The summed E-state index contributed by atoms with van der Waals surface area (Å²) in [7, 11) is -2.91. The SMILES string of the molecule is C=C(C(=O)Nc1ccc2c(c1)S(O)(O)C=C2)c1ccc(C(C)(C)C)cc1. The lowest BCUT2D eigenvalue weighted by atomic mass is 9.86. The average Bonchev–Trinajstić information content (AvgIpc) is 2.88. The van der Waals surface area contributed by atoms with Gasteiger partial charge in [0, 0.05) is 16.7 Å². The van der Waals surface area contributed by atoms with Crippen LogP contribution in [-0.4, -0.2) is 15.0 Å². The summed E-state index contributed by atoms with van der Waals surface area (Å²) in [5.41, 5.74) is 3.60. The van der Waals surface area contributed by atoms with E-state index in [9.17, 15) is 13.9 Å². The van der Waals surface area contributed by atoms with Gasteiger partial charge in [-0.3, -0.25) is 13.9 Å². The van der Waals surface area contributed by atoms with E-state index in [4.69, 9.17) is 0 Å². The van der Waals surface area contributed by atoms with E-state index in [1.165, 1.54) is 11.0 Å². The molecule has 1 heterocycles. The lowest BCUT2D eigenvalue weighted by molar-refractivity contribution is -0.111. The summed E-state index contributed by atoms with van der Waals surface area (Å²) in [6, 6.07) is 12.9. The first-order chi connectivity index (χ1) is 12.1. The van der Waals surface area contributed by atoms with E-state index in [0.717, 1.165) is 11.1 Å². The summed E-state index contributed by atoms with van der Waals surface area (Å²) < 4.78 is 20.0. The van der Waals surface area contributed by atoms with Gasteiger partial charge in [-0.05, 0) is 40.3 Å². The number of fused-ring (bicyclic) bond motifs is 1. The monoisotopic (exact) mass is 369 g/mol. The molecular weight excluding hydrogens is 346 g/mol. The standard InChI is InChI=1S/C21H23NO3S/c1-14(15-5-8-17(9-6-15)21(2,3)4)20(23)22-18-10-7-16-11-12-26(24,25)19(16)13-18/h5-13,24-25H,1H2,2-4H3,(H,22,23). The van der Waals surface area contributed by atoms with Gasteiger partial charge >= 0.3 is 0 Å². The van der Waals surface area contributed by atoms with Crippen LogP contribution in [0.2, 0.25) is 0 Å². The molecule has 3 N–H and O–H groups in total. The summed E-state index contributed by atoms with van der Waals surface area (Å²) in [6.07, 6.45) is 1.67. The molecule has 0 atom stereocenters. The Morgan fingerprint density at radius 3 is 2.35 bits per heavy atom. The second kappa shape index (κ2) is 6.43. The number of nitrogens with one attached hydrogen (secondary N) is 1. The molecule has 136 valence electrons. The minimum absolute atomic E-state index is 0.0456. The van der Waals surface area contributed by atoms with Crippen molar-refractivity contribution in [3.05, 3.63) is 71.1 Å². The Hall–Kier alpha value is -2.34. The van der Waals surface area contributed by atoms with Crippen molar-refractivity contribution in [2.24, 2.45) is 0 Å². The Balaban J connectivity index is 1.76. The lowest BCUT2D eigenvalue weighted by Gasteiger charge is -2.25. The van der Waals surface area contributed by atoms with Gasteiger partial charge in [-0.25, -0.2) is 0 Å². The molecule has 1 aliphatic rings. The molecule has 1 aliphatic heterocycles. The normalized spacial score (nSPS) is 16.0. The fraction of sp³-hybridized carbons (Fsp3) is 0.190. The highest BCUT2D eigenvalue weighted by atomic mass is 32.3. The third-order valence-electron chi connectivity index (χ3n) is 4.41. The molecule has 0 bridgehead atoms. The van der Waals surface area contributed by atoms with E-state index in [0.29, 0.717) is 16.2 Å². The van der Waals surface area contributed by atoms with E-state index in [2.05, 4.69) is 32.7 Å². The Morgan fingerprint density at radius 2 is 1.73 bits per heavy atom. The van der Waals surface area contributed by atoms with Crippen LogP contribution in [0.5, 0.6) is 0 Å². The second-order valence-electron chi connectivity index (χ2n) is 7.41. The predicted octanol–water partition coefficient (Wildman–Crippen LogP) is 5.73. The Labute approximate surface area is 155 Å². The molecule has 5 heteroatoms. The minimum atomic E-state index is -2.91. The van der Waals surface area contributed by atoms with Crippen molar-refractivity contribution < 1.29 is 13.9 Å². The van der Waals surface area contributed by atoms with Crippen molar-refractivity contribution in [3.8, 4) is 0 Å². The molecule has 0 unspecified atom stereocenters. The smallest absolute Gasteiger partial charge is 0.255 e. The molecule has 0 aromatic heterocycles. The molecule has 3 rings (SSSR count). The number of benzene rings is 2. The fourth-order valence-corrected chi connectivity index (χ4v) is 4.03. The molecule has 2 aromatic rings. The number of carbonyl (C=O) groups excluding carboxylic acids is 1. The first-order valence-electron chi connectivity index (χ1n) is 8.29. The van der Waals surface area contributed by atoms with Crippen LogP contribution >= 0.6 is 10.6 Å². The lowest BCUT2D eigenvalue weighted by Crippen LogP contribution is -2.14. The molecule has 0 aliphatic carbocycles. The third kappa shape index (κ3) is 3.60. The Kier molecular flexibility index (Phi) is 4.56. The molecule has 0 radical (unpaired) electrons.